The number of alkyl halides is 1. The molecular formula is C16H15ClFNO. The molecule has 0 fully saturated rings. The predicted octanol–water partition coefficient (Wildman–Crippen LogP) is 3.42. The van der Waals surface area contributed by atoms with E-state index in [1.165, 1.54) is 12.1 Å². The molecule has 2 rings (SSSR count). The lowest BCUT2D eigenvalue weighted by atomic mass is 10.1. The van der Waals surface area contributed by atoms with E-state index < -0.39 is 0 Å². The van der Waals surface area contributed by atoms with Crippen LogP contribution in [-0.2, 0) is 23.6 Å². The van der Waals surface area contributed by atoms with Gasteiger partial charge in [0.1, 0.15) is 5.82 Å². The minimum Gasteiger partial charge on any atom is -0.352 e. The maximum atomic E-state index is 13.0. The Kier molecular flexibility index (Phi) is 5.13. The lowest BCUT2D eigenvalue weighted by Gasteiger charge is -2.07. The number of nitrogens with one attached hydrogen (secondary N) is 1. The zero-order valence-electron chi connectivity index (χ0n) is 10.9. The molecule has 2 aromatic rings. The molecule has 0 heterocycles. The summed E-state index contributed by atoms with van der Waals surface area (Å²) in [5.74, 6) is -0.0116. The second-order valence-electron chi connectivity index (χ2n) is 4.54. The summed E-state index contributed by atoms with van der Waals surface area (Å²) in [6, 6.07) is 13.8. The van der Waals surface area contributed by atoms with Crippen molar-refractivity contribution >= 4 is 17.5 Å². The Hall–Kier alpha value is -1.87. The van der Waals surface area contributed by atoms with Crippen LogP contribution in [0.1, 0.15) is 16.7 Å². The highest BCUT2D eigenvalue weighted by Crippen LogP contribution is 2.08. The monoisotopic (exact) mass is 291 g/mol. The number of benzene rings is 2. The SMILES string of the molecule is O=C(Cc1cccc(F)c1)NCc1cccc(CCl)c1. The molecule has 4 heteroatoms. The van der Waals surface area contributed by atoms with Gasteiger partial charge in [-0.05, 0) is 28.8 Å². The number of halogens is 2. The Morgan fingerprint density at radius 1 is 1.05 bits per heavy atom. The van der Waals surface area contributed by atoms with Crippen LogP contribution in [0.25, 0.3) is 0 Å². The third-order valence-corrected chi connectivity index (χ3v) is 3.20. The van der Waals surface area contributed by atoms with Gasteiger partial charge >= 0.3 is 0 Å². The summed E-state index contributed by atoms with van der Waals surface area (Å²) < 4.78 is 13.0. The molecule has 0 saturated heterocycles. The normalized spacial score (nSPS) is 10.3. The van der Waals surface area contributed by atoms with Crippen molar-refractivity contribution in [3.63, 3.8) is 0 Å². The molecule has 104 valence electrons. The Labute approximate surface area is 122 Å². The fraction of sp³-hybridized carbons (Fsp3) is 0.188. The number of amides is 1. The highest BCUT2D eigenvalue weighted by molar-refractivity contribution is 6.17. The van der Waals surface area contributed by atoms with E-state index in [1.54, 1.807) is 12.1 Å². The van der Waals surface area contributed by atoms with Crippen LogP contribution in [0.2, 0.25) is 0 Å². The van der Waals surface area contributed by atoms with Gasteiger partial charge in [0.05, 0.1) is 6.42 Å². The predicted molar refractivity (Wildman–Crippen MR) is 77.9 cm³/mol. The zero-order chi connectivity index (χ0) is 14.4. The largest absolute Gasteiger partial charge is 0.352 e. The molecule has 20 heavy (non-hydrogen) atoms. The van der Waals surface area contributed by atoms with Crippen LogP contribution < -0.4 is 5.32 Å². The van der Waals surface area contributed by atoms with Crippen LogP contribution in [0.5, 0.6) is 0 Å². The average Bonchev–Trinajstić information content (AvgIpc) is 2.45. The molecule has 2 nitrogen and oxygen atoms in total. The standard InChI is InChI=1S/C16H15ClFNO/c17-10-13-4-1-5-14(7-13)11-19-16(20)9-12-3-2-6-15(18)8-12/h1-8H,9-11H2,(H,19,20). The first kappa shape index (κ1) is 14.5. The van der Waals surface area contributed by atoms with Crippen molar-refractivity contribution in [1.82, 2.24) is 5.32 Å². The van der Waals surface area contributed by atoms with Gasteiger partial charge in [0.25, 0.3) is 0 Å². The van der Waals surface area contributed by atoms with Crippen LogP contribution in [0, 0.1) is 5.82 Å². The number of hydrogen-bond donors (Lipinski definition) is 1. The second-order valence-corrected chi connectivity index (χ2v) is 4.80. The Bertz CT molecular complexity index is 601. The highest BCUT2D eigenvalue weighted by Gasteiger charge is 2.04. The number of carbonyl (C=O) groups excluding carboxylic acids is 1. The van der Waals surface area contributed by atoms with Gasteiger partial charge < -0.3 is 5.32 Å². The van der Waals surface area contributed by atoms with Crippen LogP contribution in [0.15, 0.2) is 48.5 Å². The second kappa shape index (κ2) is 7.06. The van der Waals surface area contributed by atoms with E-state index in [4.69, 9.17) is 11.6 Å². The van der Waals surface area contributed by atoms with Gasteiger partial charge in [-0.3, -0.25) is 4.79 Å². The summed E-state index contributed by atoms with van der Waals surface area (Å²) in [7, 11) is 0. The number of rotatable bonds is 5. The molecule has 1 N–H and O–H groups in total. The van der Waals surface area contributed by atoms with Crippen molar-refractivity contribution in [2.24, 2.45) is 0 Å². The van der Waals surface area contributed by atoms with Gasteiger partial charge in [-0.15, -0.1) is 11.6 Å². The summed E-state index contributed by atoms with van der Waals surface area (Å²) in [5.41, 5.74) is 2.68. The molecule has 1 amide bonds. The molecule has 0 aliphatic rings. The Morgan fingerprint density at radius 2 is 1.75 bits per heavy atom. The molecule has 0 aromatic heterocycles. The minimum absolute atomic E-state index is 0.133. The molecular weight excluding hydrogens is 277 g/mol. The lowest BCUT2D eigenvalue weighted by molar-refractivity contribution is -0.120. The first-order valence-corrected chi connectivity index (χ1v) is 6.86. The summed E-state index contributed by atoms with van der Waals surface area (Å²) in [4.78, 5) is 11.8. The molecule has 0 aliphatic carbocycles. The molecule has 0 aliphatic heterocycles. The van der Waals surface area contributed by atoms with Gasteiger partial charge in [-0.25, -0.2) is 4.39 Å². The Morgan fingerprint density at radius 3 is 2.50 bits per heavy atom. The smallest absolute Gasteiger partial charge is 0.224 e. The molecule has 0 atom stereocenters. The first-order chi connectivity index (χ1) is 9.67. The van der Waals surface area contributed by atoms with E-state index in [2.05, 4.69) is 5.32 Å². The summed E-state index contributed by atoms with van der Waals surface area (Å²) in [6.07, 6.45) is 0.174. The zero-order valence-corrected chi connectivity index (χ0v) is 11.7. The summed E-state index contributed by atoms with van der Waals surface area (Å²) in [6.45, 7) is 0.443. The molecule has 0 bridgehead atoms. The molecule has 0 unspecified atom stereocenters. The Balaban J connectivity index is 1.88. The third kappa shape index (κ3) is 4.35. The molecule has 2 aromatic carbocycles. The number of hydrogen-bond acceptors (Lipinski definition) is 1. The maximum absolute atomic E-state index is 13.0. The van der Waals surface area contributed by atoms with Gasteiger partial charge in [0.2, 0.25) is 5.91 Å². The topological polar surface area (TPSA) is 29.1 Å². The van der Waals surface area contributed by atoms with Gasteiger partial charge in [0, 0.05) is 12.4 Å². The third-order valence-electron chi connectivity index (χ3n) is 2.89. The van der Waals surface area contributed by atoms with Gasteiger partial charge in [-0.2, -0.15) is 0 Å². The van der Waals surface area contributed by atoms with Crippen molar-refractivity contribution in [2.75, 3.05) is 0 Å². The highest BCUT2D eigenvalue weighted by atomic mass is 35.5. The average molecular weight is 292 g/mol. The van der Waals surface area contributed by atoms with Crippen LogP contribution in [0.4, 0.5) is 4.39 Å². The lowest BCUT2D eigenvalue weighted by Crippen LogP contribution is -2.24. The van der Waals surface area contributed by atoms with Crippen LogP contribution in [0.3, 0.4) is 0 Å². The minimum atomic E-state index is -0.329. The fourth-order valence-corrected chi connectivity index (χ4v) is 2.08. The van der Waals surface area contributed by atoms with Crippen LogP contribution >= 0.6 is 11.6 Å². The van der Waals surface area contributed by atoms with Crippen molar-refractivity contribution in [3.8, 4) is 0 Å². The summed E-state index contributed by atoms with van der Waals surface area (Å²) >= 11 is 5.76. The van der Waals surface area contributed by atoms with Crippen molar-refractivity contribution in [3.05, 3.63) is 71.0 Å². The van der Waals surface area contributed by atoms with Gasteiger partial charge in [0.15, 0.2) is 0 Å². The van der Waals surface area contributed by atoms with Crippen molar-refractivity contribution < 1.29 is 9.18 Å². The maximum Gasteiger partial charge on any atom is 0.224 e. The first-order valence-electron chi connectivity index (χ1n) is 6.32. The summed E-state index contributed by atoms with van der Waals surface area (Å²) in [5, 5.41) is 2.81. The van der Waals surface area contributed by atoms with E-state index in [1.807, 2.05) is 24.3 Å². The fourth-order valence-electron chi connectivity index (χ4n) is 1.92. The van der Waals surface area contributed by atoms with Gasteiger partial charge in [-0.1, -0.05) is 36.4 Å². The molecule has 0 spiro atoms. The molecule has 0 saturated carbocycles. The van der Waals surface area contributed by atoms with E-state index >= 15 is 0 Å². The van der Waals surface area contributed by atoms with Crippen molar-refractivity contribution in [2.45, 2.75) is 18.8 Å². The van der Waals surface area contributed by atoms with E-state index in [-0.39, 0.29) is 18.1 Å². The number of carbonyl (C=O) groups is 1. The van der Waals surface area contributed by atoms with E-state index in [9.17, 15) is 9.18 Å². The van der Waals surface area contributed by atoms with Crippen LogP contribution in [-0.4, -0.2) is 5.91 Å². The molecule has 0 radical (unpaired) electrons. The van der Waals surface area contributed by atoms with E-state index in [0.717, 1.165) is 11.1 Å². The van der Waals surface area contributed by atoms with Crippen molar-refractivity contribution in [1.29, 1.82) is 0 Å². The van der Waals surface area contributed by atoms with E-state index in [0.29, 0.717) is 18.0 Å². The quantitative estimate of drug-likeness (QED) is 0.840.